The molecule has 1 heterocycles. The van der Waals surface area contributed by atoms with E-state index >= 15 is 0 Å². The molecule has 0 spiro atoms. The number of anilines is 1. The maximum atomic E-state index is 12.2. The molecule has 5 heteroatoms. The van der Waals surface area contributed by atoms with Crippen molar-refractivity contribution in [3.63, 3.8) is 0 Å². The van der Waals surface area contributed by atoms with Gasteiger partial charge in [-0.2, -0.15) is 0 Å². The van der Waals surface area contributed by atoms with Crippen molar-refractivity contribution in [1.29, 1.82) is 0 Å². The van der Waals surface area contributed by atoms with Gasteiger partial charge in [-0.15, -0.1) is 0 Å². The fraction of sp³-hybridized carbons (Fsp3) is 0.500. The molecule has 1 aliphatic carbocycles. The molecule has 1 fully saturated rings. The van der Waals surface area contributed by atoms with Crippen LogP contribution in [0.25, 0.3) is 0 Å². The maximum absolute atomic E-state index is 12.2. The number of nitrogens with zero attached hydrogens (tertiary/aromatic N) is 2. The van der Waals surface area contributed by atoms with Crippen molar-refractivity contribution >= 4 is 17.9 Å². The Morgan fingerprint density at radius 3 is 2.42 bits per heavy atom. The number of pyridine rings is 1. The van der Waals surface area contributed by atoms with Crippen LogP contribution in [0, 0.1) is 16.7 Å². The first-order valence-electron chi connectivity index (χ1n) is 6.25. The van der Waals surface area contributed by atoms with Gasteiger partial charge in [0.2, 0.25) is 5.91 Å². The first kappa shape index (κ1) is 13.5. The van der Waals surface area contributed by atoms with Gasteiger partial charge < -0.3 is 10.5 Å². The summed E-state index contributed by atoms with van der Waals surface area (Å²) in [6.45, 7) is 8.41. The zero-order valence-corrected chi connectivity index (χ0v) is 11.6. The Morgan fingerprint density at radius 2 is 2.00 bits per heavy atom. The minimum atomic E-state index is 0.000445. The second-order valence-electron chi connectivity index (χ2n) is 6.09. The zero-order chi connectivity index (χ0) is 14.3. The third-order valence-electron chi connectivity index (χ3n) is 4.53. The number of aromatic nitrogens is 1. The summed E-state index contributed by atoms with van der Waals surface area (Å²) in [6.07, 6.45) is 2.82. The van der Waals surface area contributed by atoms with Gasteiger partial charge in [0, 0.05) is 17.7 Å². The van der Waals surface area contributed by atoms with Crippen LogP contribution in [0.2, 0.25) is 0 Å². The summed E-state index contributed by atoms with van der Waals surface area (Å²) in [5, 5.41) is 14.2. The van der Waals surface area contributed by atoms with E-state index < -0.39 is 0 Å². The molecule has 1 aromatic rings. The van der Waals surface area contributed by atoms with Crippen LogP contribution in [-0.2, 0) is 4.79 Å². The Bertz CT molecular complexity index is 504. The Kier molecular flexibility index (Phi) is 3.08. The van der Waals surface area contributed by atoms with Crippen LogP contribution in [0.3, 0.4) is 0 Å². The summed E-state index contributed by atoms with van der Waals surface area (Å²) in [6, 6.07) is 3.42. The smallest absolute Gasteiger partial charge is 0.229 e. The van der Waals surface area contributed by atoms with Crippen LogP contribution in [0.1, 0.15) is 33.3 Å². The predicted octanol–water partition coefficient (Wildman–Crippen LogP) is 2.51. The summed E-state index contributed by atoms with van der Waals surface area (Å²) in [7, 11) is 0. The van der Waals surface area contributed by atoms with Crippen LogP contribution in [0.5, 0.6) is 0 Å². The van der Waals surface area contributed by atoms with E-state index in [1.54, 1.807) is 18.3 Å². The number of amides is 1. The molecular formula is C14H19N3O2. The summed E-state index contributed by atoms with van der Waals surface area (Å²) < 4.78 is 0. The van der Waals surface area contributed by atoms with E-state index in [2.05, 4.69) is 43.2 Å². The van der Waals surface area contributed by atoms with Crippen molar-refractivity contribution in [1.82, 2.24) is 4.98 Å². The molecular weight excluding hydrogens is 242 g/mol. The van der Waals surface area contributed by atoms with Crippen LogP contribution < -0.4 is 5.32 Å². The maximum Gasteiger partial charge on any atom is 0.229 e. The second kappa shape index (κ2) is 4.33. The molecule has 1 aromatic heterocycles. The fourth-order valence-corrected chi connectivity index (χ4v) is 2.67. The zero-order valence-electron chi connectivity index (χ0n) is 11.6. The first-order valence-corrected chi connectivity index (χ1v) is 6.25. The molecule has 0 saturated heterocycles. The molecule has 0 aromatic carbocycles. The van der Waals surface area contributed by atoms with Gasteiger partial charge in [0.25, 0.3) is 0 Å². The average molecular weight is 261 g/mol. The number of oxime groups is 1. The van der Waals surface area contributed by atoms with Gasteiger partial charge in [-0.25, -0.2) is 4.98 Å². The lowest BCUT2D eigenvalue weighted by Crippen LogP contribution is -2.18. The van der Waals surface area contributed by atoms with E-state index in [9.17, 15) is 4.79 Å². The number of nitrogens with one attached hydrogen (secondary N) is 1. The van der Waals surface area contributed by atoms with Crippen LogP contribution in [0.4, 0.5) is 5.82 Å². The van der Waals surface area contributed by atoms with Gasteiger partial charge >= 0.3 is 0 Å². The second-order valence-corrected chi connectivity index (χ2v) is 6.09. The Labute approximate surface area is 112 Å². The first-order chi connectivity index (χ1) is 8.80. The quantitative estimate of drug-likeness (QED) is 0.498. The third-order valence-corrected chi connectivity index (χ3v) is 4.53. The highest BCUT2D eigenvalue weighted by atomic mass is 16.4. The monoisotopic (exact) mass is 261 g/mol. The lowest BCUT2D eigenvalue weighted by atomic mass is 10.0. The van der Waals surface area contributed by atoms with E-state index in [-0.39, 0.29) is 22.7 Å². The highest BCUT2D eigenvalue weighted by Crippen LogP contribution is 2.68. The molecule has 0 bridgehead atoms. The lowest BCUT2D eigenvalue weighted by molar-refractivity contribution is -0.118. The van der Waals surface area contributed by atoms with E-state index in [0.29, 0.717) is 11.4 Å². The Hall–Kier alpha value is -1.91. The molecule has 102 valence electrons. The van der Waals surface area contributed by atoms with E-state index in [1.807, 2.05) is 0 Å². The van der Waals surface area contributed by atoms with Crippen molar-refractivity contribution in [2.75, 3.05) is 5.32 Å². The summed E-state index contributed by atoms with van der Waals surface area (Å²) in [4.78, 5) is 16.3. The third kappa shape index (κ3) is 2.20. The summed E-state index contributed by atoms with van der Waals surface area (Å²) in [5.74, 6) is 0.519. The van der Waals surface area contributed by atoms with Gasteiger partial charge in [0.1, 0.15) is 5.82 Å². The minimum absolute atomic E-state index is 0.000445. The van der Waals surface area contributed by atoms with Crippen LogP contribution >= 0.6 is 0 Å². The molecule has 0 unspecified atom stereocenters. The fourth-order valence-electron chi connectivity index (χ4n) is 2.67. The predicted molar refractivity (Wildman–Crippen MR) is 73.3 cm³/mol. The molecule has 0 aliphatic heterocycles. The van der Waals surface area contributed by atoms with E-state index in [1.165, 1.54) is 6.21 Å². The average Bonchev–Trinajstić information content (AvgIpc) is 2.72. The normalized spacial score (nSPS) is 20.4. The van der Waals surface area contributed by atoms with Crippen LogP contribution in [0.15, 0.2) is 23.5 Å². The summed E-state index contributed by atoms with van der Waals surface area (Å²) >= 11 is 0. The molecule has 0 radical (unpaired) electrons. The van der Waals surface area contributed by atoms with Crippen LogP contribution in [-0.4, -0.2) is 22.3 Å². The van der Waals surface area contributed by atoms with Crippen molar-refractivity contribution in [3.05, 3.63) is 23.9 Å². The lowest BCUT2D eigenvalue weighted by Gasteiger charge is -2.05. The molecule has 1 amide bonds. The van der Waals surface area contributed by atoms with Gasteiger partial charge in [0.15, 0.2) is 0 Å². The molecule has 0 atom stereocenters. The molecule has 2 rings (SSSR count). The SMILES string of the molecule is CC1(C)C(C(=O)Nc2ccc(C=NO)cn2)C1(C)C. The summed E-state index contributed by atoms with van der Waals surface area (Å²) in [5.41, 5.74) is 0.703. The van der Waals surface area contributed by atoms with Crippen molar-refractivity contribution < 1.29 is 10.0 Å². The molecule has 2 N–H and O–H groups in total. The number of hydrogen-bond donors (Lipinski definition) is 2. The van der Waals surface area contributed by atoms with Crippen molar-refractivity contribution in [2.45, 2.75) is 27.7 Å². The van der Waals surface area contributed by atoms with Gasteiger partial charge in [0.05, 0.1) is 6.21 Å². The number of hydrogen-bond acceptors (Lipinski definition) is 4. The van der Waals surface area contributed by atoms with E-state index in [0.717, 1.165) is 0 Å². The van der Waals surface area contributed by atoms with Gasteiger partial charge in [-0.3, -0.25) is 4.79 Å². The highest BCUT2D eigenvalue weighted by molar-refractivity contribution is 5.95. The minimum Gasteiger partial charge on any atom is -0.411 e. The number of carbonyl (C=O) groups excluding carboxylic acids is 1. The van der Waals surface area contributed by atoms with Gasteiger partial charge in [-0.05, 0) is 23.0 Å². The van der Waals surface area contributed by atoms with E-state index in [4.69, 9.17) is 5.21 Å². The molecule has 19 heavy (non-hydrogen) atoms. The van der Waals surface area contributed by atoms with Crippen molar-refractivity contribution in [3.8, 4) is 0 Å². The van der Waals surface area contributed by atoms with Crippen molar-refractivity contribution in [2.24, 2.45) is 21.9 Å². The topological polar surface area (TPSA) is 74.6 Å². The Balaban J connectivity index is 2.05. The highest BCUT2D eigenvalue weighted by Gasteiger charge is 2.68. The standard InChI is InChI=1S/C14H19N3O2/c1-13(2)11(14(13,3)4)12(18)17-10-6-5-9(7-15-10)8-16-19/h5-8,11,19H,1-4H3,(H,15,17,18). The number of carbonyl (C=O) groups is 1. The largest absolute Gasteiger partial charge is 0.411 e. The molecule has 5 nitrogen and oxygen atoms in total. The Morgan fingerprint density at radius 1 is 1.37 bits per heavy atom. The molecule has 1 aliphatic rings. The van der Waals surface area contributed by atoms with Gasteiger partial charge in [-0.1, -0.05) is 32.9 Å². The number of rotatable bonds is 3. The molecule has 1 saturated carbocycles.